The summed E-state index contributed by atoms with van der Waals surface area (Å²) in [5, 5.41) is 0. The molecular formula is C13H20O5. The van der Waals surface area contributed by atoms with Crippen LogP contribution < -0.4 is 0 Å². The van der Waals surface area contributed by atoms with Crippen LogP contribution in [0.5, 0.6) is 0 Å². The lowest BCUT2D eigenvalue weighted by Gasteiger charge is -2.04. The molecule has 0 heterocycles. The zero-order chi connectivity index (χ0) is 14.3. The quantitative estimate of drug-likeness (QED) is 0.562. The molecule has 0 spiro atoms. The molecule has 0 aromatic rings. The molecule has 1 aliphatic rings. The Bertz CT molecular complexity index is 345. The molecule has 0 radical (unpaired) electrons. The predicted molar refractivity (Wildman–Crippen MR) is 64.9 cm³/mol. The van der Waals surface area contributed by atoms with Gasteiger partial charge in [-0.2, -0.15) is 0 Å². The number of carbonyl (C=O) groups excluding carboxylic acids is 4. The average Bonchev–Trinajstić information content (AvgIpc) is 2.55. The Labute approximate surface area is 107 Å². The van der Waals surface area contributed by atoms with Gasteiger partial charge in [0.05, 0.1) is 19.4 Å². The van der Waals surface area contributed by atoms with Gasteiger partial charge in [0.15, 0.2) is 0 Å². The van der Waals surface area contributed by atoms with Crippen molar-refractivity contribution in [2.45, 2.75) is 40.0 Å². The molecule has 5 nitrogen and oxygen atoms in total. The zero-order valence-corrected chi connectivity index (χ0v) is 11.3. The Morgan fingerprint density at radius 1 is 1.39 bits per heavy atom. The first kappa shape index (κ1) is 16.5. The first-order valence-corrected chi connectivity index (χ1v) is 5.89. The van der Waals surface area contributed by atoms with Crippen molar-refractivity contribution >= 4 is 23.3 Å². The predicted octanol–water partition coefficient (Wildman–Crippen LogP) is 1.33. The molecule has 0 amide bonds. The monoisotopic (exact) mass is 256 g/mol. The normalized spacial score (nSPS) is 19.9. The van der Waals surface area contributed by atoms with Crippen molar-refractivity contribution in [3.05, 3.63) is 0 Å². The largest absolute Gasteiger partial charge is 0.469 e. The van der Waals surface area contributed by atoms with Crippen molar-refractivity contribution < 1.29 is 23.9 Å². The van der Waals surface area contributed by atoms with Crippen LogP contribution in [0.3, 0.4) is 0 Å². The molecule has 18 heavy (non-hydrogen) atoms. The molecule has 0 aromatic carbocycles. The van der Waals surface area contributed by atoms with Crippen LogP contribution >= 0.6 is 0 Å². The molecule has 1 saturated carbocycles. The summed E-state index contributed by atoms with van der Waals surface area (Å²) < 4.78 is 4.42. The highest BCUT2D eigenvalue weighted by Gasteiger charge is 2.26. The van der Waals surface area contributed by atoms with Crippen LogP contribution in [0, 0.1) is 11.8 Å². The van der Waals surface area contributed by atoms with Crippen molar-refractivity contribution in [1.29, 1.82) is 0 Å². The molecule has 102 valence electrons. The van der Waals surface area contributed by atoms with Gasteiger partial charge in [-0.25, -0.2) is 0 Å². The fourth-order valence-corrected chi connectivity index (χ4v) is 1.61. The molecule has 2 unspecified atom stereocenters. The van der Waals surface area contributed by atoms with Crippen molar-refractivity contribution in [1.82, 2.24) is 0 Å². The van der Waals surface area contributed by atoms with Gasteiger partial charge in [-0.05, 0) is 6.92 Å². The fraction of sp³-hybridized carbons (Fsp3) is 0.692. The summed E-state index contributed by atoms with van der Waals surface area (Å²) >= 11 is 0. The Kier molecular flexibility index (Phi) is 7.08. The number of carbonyl (C=O) groups is 4. The fourth-order valence-electron chi connectivity index (χ4n) is 1.61. The lowest BCUT2D eigenvalue weighted by Crippen LogP contribution is -2.15. The smallest absolute Gasteiger partial charge is 0.308 e. The molecule has 1 fully saturated rings. The van der Waals surface area contributed by atoms with E-state index in [-0.39, 0.29) is 48.0 Å². The summed E-state index contributed by atoms with van der Waals surface area (Å²) in [5.41, 5.74) is 0. The molecule has 0 N–H and O–H groups in total. The summed E-state index contributed by atoms with van der Waals surface area (Å²) in [5.74, 6) is -0.407. The zero-order valence-electron chi connectivity index (χ0n) is 11.3. The Morgan fingerprint density at radius 3 is 2.17 bits per heavy atom. The van der Waals surface area contributed by atoms with E-state index in [1.807, 2.05) is 0 Å². The number of hydrogen-bond acceptors (Lipinski definition) is 5. The molecule has 1 aliphatic carbocycles. The van der Waals surface area contributed by atoms with Crippen molar-refractivity contribution in [3.8, 4) is 0 Å². The van der Waals surface area contributed by atoms with Gasteiger partial charge < -0.3 is 9.53 Å². The van der Waals surface area contributed by atoms with E-state index in [1.165, 1.54) is 14.0 Å². The van der Waals surface area contributed by atoms with Gasteiger partial charge in [0, 0.05) is 18.8 Å². The maximum atomic E-state index is 10.7. The number of ketones is 3. The van der Waals surface area contributed by atoms with E-state index in [1.54, 1.807) is 13.8 Å². The molecule has 1 rings (SSSR count). The Hall–Kier alpha value is -1.52. The first-order chi connectivity index (χ1) is 8.27. The number of Topliss-reactive ketones (excluding diaryl/α,β-unsaturated/α-hetero) is 3. The van der Waals surface area contributed by atoms with Crippen molar-refractivity contribution in [3.63, 3.8) is 0 Å². The summed E-state index contributed by atoms with van der Waals surface area (Å²) in [7, 11) is 1.32. The standard InChI is InChI=1S/C7H12O3.C6H8O2/c1-5(4-6(2)8)7(9)10-3;1-4-2-5(7)3-6(4)8/h5H,4H2,1-3H3;4H,2-3H2,1H3. The van der Waals surface area contributed by atoms with E-state index in [0.29, 0.717) is 6.42 Å². The highest BCUT2D eigenvalue weighted by molar-refractivity contribution is 6.06. The topological polar surface area (TPSA) is 77.5 Å². The molecule has 5 heteroatoms. The van der Waals surface area contributed by atoms with Gasteiger partial charge in [0.1, 0.15) is 17.3 Å². The molecular weight excluding hydrogens is 236 g/mol. The number of rotatable bonds is 3. The first-order valence-electron chi connectivity index (χ1n) is 5.89. The van der Waals surface area contributed by atoms with Gasteiger partial charge in [-0.3, -0.25) is 14.4 Å². The Balaban J connectivity index is 0.000000327. The number of ether oxygens (including phenoxy) is 1. The van der Waals surface area contributed by atoms with Gasteiger partial charge in [0.25, 0.3) is 0 Å². The third kappa shape index (κ3) is 6.27. The SMILES string of the molecule is CC1CC(=O)CC1=O.COC(=O)C(C)CC(C)=O. The van der Waals surface area contributed by atoms with E-state index in [0.717, 1.165) is 0 Å². The summed E-state index contributed by atoms with van der Waals surface area (Å²) in [6.45, 7) is 4.93. The molecule has 0 bridgehead atoms. The highest BCUT2D eigenvalue weighted by Crippen LogP contribution is 2.16. The lowest BCUT2D eigenvalue weighted by molar-refractivity contribution is -0.146. The van der Waals surface area contributed by atoms with Gasteiger partial charge in [-0.1, -0.05) is 13.8 Å². The minimum Gasteiger partial charge on any atom is -0.469 e. The van der Waals surface area contributed by atoms with Crippen LogP contribution in [-0.4, -0.2) is 30.4 Å². The van der Waals surface area contributed by atoms with Crippen LogP contribution in [-0.2, 0) is 23.9 Å². The minimum absolute atomic E-state index is 0.00231. The third-order valence-electron chi connectivity index (χ3n) is 2.65. The van der Waals surface area contributed by atoms with Crippen LogP contribution in [0.2, 0.25) is 0 Å². The number of esters is 1. The maximum Gasteiger partial charge on any atom is 0.308 e. The highest BCUT2D eigenvalue weighted by atomic mass is 16.5. The second kappa shape index (κ2) is 7.74. The summed E-state index contributed by atoms with van der Waals surface area (Å²) in [6, 6.07) is 0. The average molecular weight is 256 g/mol. The van der Waals surface area contributed by atoms with E-state index in [2.05, 4.69) is 4.74 Å². The van der Waals surface area contributed by atoms with E-state index < -0.39 is 0 Å². The molecule has 0 saturated heterocycles. The van der Waals surface area contributed by atoms with Gasteiger partial charge in [-0.15, -0.1) is 0 Å². The van der Waals surface area contributed by atoms with Crippen LogP contribution in [0.25, 0.3) is 0 Å². The van der Waals surface area contributed by atoms with E-state index >= 15 is 0 Å². The van der Waals surface area contributed by atoms with Crippen LogP contribution in [0.15, 0.2) is 0 Å². The number of hydrogen-bond donors (Lipinski definition) is 0. The molecule has 0 aromatic heterocycles. The Morgan fingerprint density at radius 2 is 1.94 bits per heavy atom. The van der Waals surface area contributed by atoms with Crippen molar-refractivity contribution in [2.24, 2.45) is 11.8 Å². The van der Waals surface area contributed by atoms with Crippen molar-refractivity contribution in [2.75, 3.05) is 7.11 Å². The van der Waals surface area contributed by atoms with Crippen LogP contribution in [0.4, 0.5) is 0 Å². The lowest BCUT2D eigenvalue weighted by atomic mass is 10.1. The summed E-state index contributed by atoms with van der Waals surface area (Å²) in [6.07, 6.45) is 0.923. The second-order valence-corrected chi connectivity index (χ2v) is 4.62. The second-order valence-electron chi connectivity index (χ2n) is 4.62. The van der Waals surface area contributed by atoms with E-state index in [9.17, 15) is 19.2 Å². The van der Waals surface area contributed by atoms with Gasteiger partial charge in [0.2, 0.25) is 0 Å². The van der Waals surface area contributed by atoms with E-state index in [4.69, 9.17) is 0 Å². The number of methoxy groups -OCH3 is 1. The summed E-state index contributed by atoms with van der Waals surface area (Å²) in [4.78, 5) is 42.1. The van der Waals surface area contributed by atoms with Gasteiger partial charge >= 0.3 is 5.97 Å². The minimum atomic E-state index is -0.324. The third-order valence-corrected chi connectivity index (χ3v) is 2.65. The van der Waals surface area contributed by atoms with Crippen LogP contribution in [0.1, 0.15) is 40.0 Å². The molecule has 0 aliphatic heterocycles. The molecule has 2 atom stereocenters. The maximum absolute atomic E-state index is 10.7.